The molecule has 0 bridgehead atoms. The highest BCUT2D eigenvalue weighted by atomic mass is 32.2. The first-order valence-electron chi connectivity index (χ1n) is 8.66. The van der Waals surface area contributed by atoms with Crippen molar-refractivity contribution < 1.29 is 17.9 Å². The number of carbonyl (C=O) groups is 1. The van der Waals surface area contributed by atoms with Gasteiger partial charge in [-0.2, -0.15) is 0 Å². The largest absolute Gasteiger partial charge is 0.378 e. The van der Waals surface area contributed by atoms with Crippen molar-refractivity contribution in [3.8, 4) is 0 Å². The zero-order valence-electron chi connectivity index (χ0n) is 14.4. The second-order valence-corrected chi connectivity index (χ2v) is 8.51. The molecule has 138 valence electrons. The van der Waals surface area contributed by atoms with Crippen LogP contribution in [0.3, 0.4) is 0 Å². The van der Waals surface area contributed by atoms with E-state index < -0.39 is 15.1 Å². The molecule has 3 rings (SSSR count). The van der Waals surface area contributed by atoms with Gasteiger partial charge in [0, 0.05) is 25.5 Å². The van der Waals surface area contributed by atoms with E-state index in [0.717, 1.165) is 0 Å². The van der Waals surface area contributed by atoms with Crippen LogP contribution in [0.15, 0.2) is 59.8 Å². The van der Waals surface area contributed by atoms with E-state index >= 15 is 0 Å². The minimum Gasteiger partial charge on any atom is -0.378 e. The van der Waals surface area contributed by atoms with Crippen molar-refractivity contribution in [3.05, 3.63) is 60.4 Å². The molecule has 0 saturated carbocycles. The van der Waals surface area contributed by atoms with Crippen LogP contribution in [0.5, 0.6) is 0 Å². The van der Waals surface area contributed by atoms with Crippen LogP contribution in [0.4, 0.5) is 0 Å². The van der Waals surface area contributed by atoms with Crippen molar-refractivity contribution in [1.82, 2.24) is 10.3 Å². The number of hydrogen-bond acceptors (Lipinski definition) is 5. The summed E-state index contributed by atoms with van der Waals surface area (Å²) in [6.07, 6.45) is 4.46. The zero-order valence-corrected chi connectivity index (χ0v) is 15.2. The molecule has 0 radical (unpaired) electrons. The number of nitrogens with zero attached hydrogens (tertiary/aromatic N) is 1. The summed E-state index contributed by atoms with van der Waals surface area (Å²) >= 11 is 0. The molecule has 1 aliphatic heterocycles. The molecule has 26 heavy (non-hydrogen) atoms. The maximum absolute atomic E-state index is 12.8. The highest BCUT2D eigenvalue weighted by Crippen LogP contribution is 2.27. The molecule has 1 aromatic heterocycles. The first kappa shape index (κ1) is 18.5. The molecule has 2 aromatic rings. The Morgan fingerprint density at radius 2 is 2.00 bits per heavy atom. The molecule has 2 atom stereocenters. The summed E-state index contributed by atoms with van der Waals surface area (Å²) < 4.78 is 31.2. The zero-order chi connectivity index (χ0) is 18.4. The number of carbonyl (C=O) groups excluding carboxylic acids is 1. The summed E-state index contributed by atoms with van der Waals surface area (Å²) in [7, 11) is -3.35. The molecule has 1 aliphatic rings. The molecule has 2 heterocycles. The molecule has 7 heteroatoms. The molecule has 1 fully saturated rings. The molecular formula is C19H22N2O4S. The average molecular weight is 374 g/mol. The van der Waals surface area contributed by atoms with Crippen LogP contribution in [0, 0.1) is 0 Å². The Bertz CT molecular complexity index is 825. The molecule has 1 saturated heterocycles. The smallest absolute Gasteiger partial charge is 0.252 e. The van der Waals surface area contributed by atoms with E-state index in [1.807, 2.05) is 0 Å². The lowest BCUT2D eigenvalue weighted by Crippen LogP contribution is -2.36. The second-order valence-electron chi connectivity index (χ2n) is 6.28. The van der Waals surface area contributed by atoms with Crippen molar-refractivity contribution in [1.29, 1.82) is 0 Å². The number of ether oxygens (including phenoxy) is 1. The third-order valence-corrected chi connectivity index (χ3v) is 6.74. The van der Waals surface area contributed by atoms with Gasteiger partial charge in [-0.05, 0) is 43.5 Å². The number of amides is 1. The maximum Gasteiger partial charge on any atom is 0.252 e. The molecule has 0 spiro atoms. The van der Waals surface area contributed by atoms with Crippen LogP contribution in [0.25, 0.3) is 0 Å². The van der Waals surface area contributed by atoms with Gasteiger partial charge in [0.1, 0.15) is 0 Å². The average Bonchev–Trinajstić information content (AvgIpc) is 2.69. The number of sulfone groups is 1. The van der Waals surface area contributed by atoms with Crippen LogP contribution in [-0.4, -0.2) is 43.8 Å². The van der Waals surface area contributed by atoms with Crippen molar-refractivity contribution in [2.45, 2.75) is 35.5 Å². The van der Waals surface area contributed by atoms with E-state index in [1.165, 1.54) is 6.20 Å². The monoisotopic (exact) mass is 374 g/mol. The van der Waals surface area contributed by atoms with E-state index in [9.17, 15) is 13.2 Å². The second kappa shape index (κ2) is 8.42. The van der Waals surface area contributed by atoms with E-state index in [2.05, 4.69) is 10.3 Å². The quantitative estimate of drug-likeness (QED) is 0.838. The SMILES string of the molecule is O=C(NCC[C@H]1C[C@H](S(=O)(=O)c2ccccc2)CCO1)c1cccnc1. The summed E-state index contributed by atoms with van der Waals surface area (Å²) in [5.41, 5.74) is 0.501. The first-order chi connectivity index (χ1) is 12.6. The van der Waals surface area contributed by atoms with Gasteiger partial charge in [0.15, 0.2) is 9.84 Å². The Morgan fingerprint density at radius 3 is 2.73 bits per heavy atom. The summed E-state index contributed by atoms with van der Waals surface area (Å²) in [6.45, 7) is 0.842. The lowest BCUT2D eigenvalue weighted by Gasteiger charge is -2.29. The minimum atomic E-state index is -3.35. The topological polar surface area (TPSA) is 85.4 Å². The van der Waals surface area contributed by atoms with Crippen molar-refractivity contribution in [3.63, 3.8) is 0 Å². The van der Waals surface area contributed by atoms with Crippen molar-refractivity contribution in [2.75, 3.05) is 13.2 Å². The standard InChI is InChI=1S/C19H22N2O4S/c22-19(15-5-4-10-20-14-15)21-11-8-16-13-18(9-12-25-16)26(23,24)17-6-2-1-3-7-17/h1-7,10,14,16,18H,8-9,11-13H2,(H,21,22)/t16-,18+/m0/s1. The summed E-state index contributed by atoms with van der Waals surface area (Å²) in [5, 5.41) is 2.38. The van der Waals surface area contributed by atoms with Gasteiger partial charge in [-0.1, -0.05) is 18.2 Å². The molecular weight excluding hydrogens is 352 g/mol. The molecule has 1 amide bonds. The molecule has 0 unspecified atom stereocenters. The molecule has 1 aromatic carbocycles. The normalized spacial score (nSPS) is 20.5. The van der Waals surface area contributed by atoms with Crippen LogP contribution in [0.2, 0.25) is 0 Å². The van der Waals surface area contributed by atoms with Gasteiger partial charge >= 0.3 is 0 Å². The third kappa shape index (κ3) is 4.47. The van der Waals surface area contributed by atoms with Crippen LogP contribution in [0.1, 0.15) is 29.6 Å². The van der Waals surface area contributed by atoms with Crippen LogP contribution < -0.4 is 5.32 Å². The predicted octanol–water partition coefficient (Wildman–Crippen LogP) is 2.22. The Kier molecular flexibility index (Phi) is 6.00. The minimum absolute atomic E-state index is 0.179. The number of hydrogen-bond donors (Lipinski definition) is 1. The molecule has 6 nitrogen and oxygen atoms in total. The van der Waals surface area contributed by atoms with Gasteiger partial charge < -0.3 is 10.1 Å². The fourth-order valence-electron chi connectivity index (χ4n) is 3.08. The summed E-state index contributed by atoms with van der Waals surface area (Å²) in [5.74, 6) is -0.192. The van der Waals surface area contributed by atoms with Gasteiger partial charge in [0.2, 0.25) is 0 Å². The number of pyridine rings is 1. The number of benzene rings is 1. The van der Waals surface area contributed by atoms with E-state index in [0.29, 0.717) is 42.9 Å². The van der Waals surface area contributed by atoms with E-state index in [-0.39, 0.29) is 12.0 Å². The van der Waals surface area contributed by atoms with Crippen LogP contribution in [-0.2, 0) is 14.6 Å². The van der Waals surface area contributed by atoms with Crippen molar-refractivity contribution in [2.24, 2.45) is 0 Å². The fourth-order valence-corrected chi connectivity index (χ4v) is 4.87. The lowest BCUT2D eigenvalue weighted by molar-refractivity contribution is 0.0132. The first-order valence-corrected chi connectivity index (χ1v) is 10.2. The highest BCUT2D eigenvalue weighted by Gasteiger charge is 2.33. The van der Waals surface area contributed by atoms with E-state index in [1.54, 1.807) is 48.7 Å². The van der Waals surface area contributed by atoms with Gasteiger partial charge in [-0.25, -0.2) is 8.42 Å². The summed E-state index contributed by atoms with van der Waals surface area (Å²) in [6, 6.07) is 11.9. The highest BCUT2D eigenvalue weighted by molar-refractivity contribution is 7.92. The Labute approximate surface area is 153 Å². The summed E-state index contributed by atoms with van der Waals surface area (Å²) in [4.78, 5) is 16.3. The fraction of sp³-hybridized carbons (Fsp3) is 0.368. The molecule has 0 aliphatic carbocycles. The number of nitrogens with one attached hydrogen (secondary N) is 1. The Balaban J connectivity index is 1.53. The third-order valence-electron chi connectivity index (χ3n) is 4.51. The van der Waals surface area contributed by atoms with Gasteiger partial charge in [-0.3, -0.25) is 9.78 Å². The maximum atomic E-state index is 12.8. The molecule has 1 N–H and O–H groups in total. The Hall–Kier alpha value is -2.25. The van der Waals surface area contributed by atoms with Gasteiger partial charge in [0.25, 0.3) is 5.91 Å². The van der Waals surface area contributed by atoms with Gasteiger partial charge in [0.05, 0.1) is 21.8 Å². The van der Waals surface area contributed by atoms with Crippen LogP contribution >= 0.6 is 0 Å². The number of aromatic nitrogens is 1. The van der Waals surface area contributed by atoms with Crippen molar-refractivity contribution >= 4 is 15.7 Å². The number of rotatable bonds is 6. The predicted molar refractivity (Wildman–Crippen MR) is 97.6 cm³/mol. The lowest BCUT2D eigenvalue weighted by atomic mass is 10.1. The Morgan fingerprint density at radius 1 is 1.19 bits per heavy atom. The van der Waals surface area contributed by atoms with Gasteiger partial charge in [-0.15, -0.1) is 0 Å². The van der Waals surface area contributed by atoms with E-state index in [4.69, 9.17) is 4.74 Å².